The Kier molecular flexibility index (Phi) is 3.66. The van der Waals surface area contributed by atoms with Gasteiger partial charge in [0.2, 0.25) is 0 Å². The number of rotatable bonds is 2. The molecule has 0 saturated carbocycles. The van der Waals surface area contributed by atoms with Crippen molar-refractivity contribution in [1.29, 1.82) is 0 Å². The first-order valence-corrected chi connectivity index (χ1v) is 7.58. The van der Waals surface area contributed by atoms with Crippen LogP contribution < -0.4 is 11.2 Å². The summed E-state index contributed by atoms with van der Waals surface area (Å²) in [7, 11) is 0. The van der Waals surface area contributed by atoms with E-state index in [1.54, 1.807) is 23.6 Å². The van der Waals surface area contributed by atoms with E-state index >= 15 is 0 Å². The number of nitrogens with zero attached hydrogens (tertiary/aromatic N) is 3. The van der Waals surface area contributed by atoms with Crippen LogP contribution in [-0.2, 0) is 0 Å². The van der Waals surface area contributed by atoms with Crippen LogP contribution in [0.3, 0.4) is 0 Å². The lowest BCUT2D eigenvalue weighted by atomic mass is 10.1. The fraction of sp³-hybridized carbons (Fsp3) is 0.214. The average molecular weight is 301 g/mol. The second-order valence-electron chi connectivity index (χ2n) is 4.71. The van der Waals surface area contributed by atoms with Crippen molar-refractivity contribution in [3.05, 3.63) is 40.9 Å². The molecular formula is C14H15N5OS. The Labute approximate surface area is 126 Å². The molecule has 0 fully saturated rings. The first-order valence-electron chi connectivity index (χ1n) is 6.54. The van der Waals surface area contributed by atoms with Gasteiger partial charge in [-0.15, -0.1) is 11.8 Å². The number of amidine groups is 1. The molecule has 0 saturated heterocycles. The summed E-state index contributed by atoms with van der Waals surface area (Å²) in [4.78, 5) is 17.8. The van der Waals surface area contributed by atoms with Gasteiger partial charge in [0.1, 0.15) is 5.71 Å². The summed E-state index contributed by atoms with van der Waals surface area (Å²) < 4.78 is 0. The van der Waals surface area contributed by atoms with Crippen LogP contribution in [0, 0.1) is 0 Å². The highest BCUT2D eigenvalue weighted by molar-refractivity contribution is 8.02. The van der Waals surface area contributed by atoms with E-state index in [0.717, 1.165) is 28.4 Å². The highest BCUT2D eigenvalue weighted by atomic mass is 32.2. The largest absolute Gasteiger partial charge is 0.387 e. The number of carbonyl (C=O) groups excluding carboxylic acids is 1. The predicted octanol–water partition coefficient (Wildman–Crippen LogP) is 2.01. The number of carbonyl (C=O) groups is 1. The number of allylic oxidation sites excluding steroid dienone is 1. The summed E-state index contributed by atoms with van der Waals surface area (Å²) in [6.07, 6.45) is 0. The Morgan fingerprint density at radius 2 is 2.38 bits per heavy atom. The van der Waals surface area contributed by atoms with Crippen molar-refractivity contribution in [3.63, 3.8) is 0 Å². The SMILES string of the molecule is CC(N)=Nc1cccc(C2=NNC(=O)N3CCSC=C23)c1. The molecule has 3 N–H and O–H groups in total. The first kappa shape index (κ1) is 13.7. The summed E-state index contributed by atoms with van der Waals surface area (Å²) in [5, 5.41) is 6.18. The van der Waals surface area contributed by atoms with E-state index < -0.39 is 0 Å². The molecule has 108 valence electrons. The average Bonchev–Trinajstić information content (AvgIpc) is 2.47. The van der Waals surface area contributed by atoms with Gasteiger partial charge in [-0.1, -0.05) is 12.1 Å². The molecule has 7 heteroatoms. The number of aliphatic imine (C=N–C) groups is 1. The minimum atomic E-state index is -0.183. The predicted molar refractivity (Wildman–Crippen MR) is 85.7 cm³/mol. The zero-order valence-corrected chi connectivity index (χ0v) is 12.4. The first-order chi connectivity index (χ1) is 10.1. The Morgan fingerprint density at radius 1 is 1.52 bits per heavy atom. The lowest BCUT2D eigenvalue weighted by Crippen LogP contribution is -2.46. The van der Waals surface area contributed by atoms with E-state index in [1.807, 2.05) is 29.7 Å². The number of hydrogen-bond acceptors (Lipinski definition) is 4. The molecular weight excluding hydrogens is 286 g/mol. The van der Waals surface area contributed by atoms with Gasteiger partial charge in [0.15, 0.2) is 0 Å². The van der Waals surface area contributed by atoms with Gasteiger partial charge >= 0.3 is 6.03 Å². The third kappa shape index (κ3) is 2.78. The Hall–Kier alpha value is -2.28. The Balaban J connectivity index is 2.01. The van der Waals surface area contributed by atoms with Crippen molar-refractivity contribution in [3.8, 4) is 0 Å². The highest BCUT2D eigenvalue weighted by Crippen LogP contribution is 2.26. The Bertz CT molecular complexity index is 676. The van der Waals surface area contributed by atoms with Crippen LogP contribution in [0.1, 0.15) is 12.5 Å². The maximum atomic E-state index is 11.8. The molecule has 0 radical (unpaired) electrons. The molecule has 3 rings (SSSR count). The molecule has 0 unspecified atom stereocenters. The number of nitrogens with one attached hydrogen (secondary N) is 1. The number of hydrogen-bond donors (Lipinski definition) is 2. The topological polar surface area (TPSA) is 83.1 Å². The number of fused-ring (bicyclic) bond motifs is 1. The number of amides is 2. The van der Waals surface area contributed by atoms with Gasteiger partial charge in [-0.3, -0.25) is 4.90 Å². The summed E-state index contributed by atoms with van der Waals surface area (Å²) in [5.41, 5.74) is 11.4. The quantitative estimate of drug-likeness (QED) is 0.647. The van der Waals surface area contributed by atoms with Crippen LogP contribution >= 0.6 is 11.8 Å². The van der Waals surface area contributed by atoms with Crippen molar-refractivity contribution in [2.45, 2.75) is 6.92 Å². The smallest absolute Gasteiger partial charge is 0.342 e. The molecule has 2 amide bonds. The maximum Gasteiger partial charge on any atom is 0.342 e. The van der Waals surface area contributed by atoms with E-state index in [4.69, 9.17) is 5.73 Å². The van der Waals surface area contributed by atoms with Crippen molar-refractivity contribution in [2.75, 3.05) is 12.3 Å². The van der Waals surface area contributed by atoms with E-state index in [9.17, 15) is 4.79 Å². The van der Waals surface area contributed by atoms with Gasteiger partial charge < -0.3 is 5.73 Å². The summed E-state index contributed by atoms with van der Waals surface area (Å²) in [6.45, 7) is 2.42. The normalized spacial score (nSPS) is 18.6. The summed E-state index contributed by atoms with van der Waals surface area (Å²) in [6, 6.07) is 7.45. The molecule has 2 aliphatic heterocycles. The van der Waals surface area contributed by atoms with Crippen molar-refractivity contribution in [1.82, 2.24) is 10.3 Å². The second-order valence-corrected chi connectivity index (χ2v) is 5.68. The van der Waals surface area contributed by atoms with E-state index in [0.29, 0.717) is 12.4 Å². The zero-order valence-electron chi connectivity index (χ0n) is 11.5. The Morgan fingerprint density at radius 3 is 3.19 bits per heavy atom. The standard InChI is InChI=1S/C14H15N5OS/c1-9(15)16-11-4-2-3-10(7-11)13-12-8-21-6-5-19(12)14(20)18-17-13/h2-4,7-8H,5-6H2,1H3,(H2,15,16)(H,18,20). The molecule has 0 bridgehead atoms. The van der Waals surface area contributed by atoms with Crippen LogP contribution in [0.25, 0.3) is 0 Å². The number of thioether (sulfide) groups is 1. The van der Waals surface area contributed by atoms with Gasteiger partial charge in [-0.2, -0.15) is 5.10 Å². The van der Waals surface area contributed by atoms with Crippen molar-refractivity contribution in [2.24, 2.45) is 15.8 Å². The molecule has 0 aromatic heterocycles. The second kappa shape index (κ2) is 5.61. The highest BCUT2D eigenvalue weighted by Gasteiger charge is 2.29. The van der Waals surface area contributed by atoms with Gasteiger partial charge in [0.05, 0.1) is 17.2 Å². The van der Waals surface area contributed by atoms with Gasteiger partial charge in [-0.05, 0) is 24.5 Å². The van der Waals surface area contributed by atoms with Gasteiger partial charge in [-0.25, -0.2) is 15.2 Å². The fourth-order valence-electron chi connectivity index (χ4n) is 2.22. The minimum absolute atomic E-state index is 0.183. The van der Waals surface area contributed by atoms with Crippen LogP contribution in [0.2, 0.25) is 0 Å². The molecule has 6 nitrogen and oxygen atoms in total. The lowest BCUT2D eigenvalue weighted by Gasteiger charge is -2.31. The number of urea groups is 1. The van der Waals surface area contributed by atoms with E-state index in [-0.39, 0.29) is 6.03 Å². The minimum Gasteiger partial charge on any atom is -0.387 e. The van der Waals surface area contributed by atoms with Crippen LogP contribution in [-0.4, -0.2) is 34.8 Å². The fourth-order valence-corrected chi connectivity index (χ4v) is 3.02. The van der Waals surface area contributed by atoms with Crippen LogP contribution in [0.5, 0.6) is 0 Å². The molecule has 1 aromatic carbocycles. The number of hydrazone groups is 1. The molecule has 1 aromatic rings. The summed E-state index contributed by atoms with van der Waals surface area (Å²) >= 11 is 1.68. The molecule has 0 aliphatic carbocycles. The number of benzene rings is 1. The number of nitrogens with two attached hydrogens (primary N) is 1. The maximum absolute atomic E-state index is 11.8. The molecule has 0 spiro atoms. The van der Waals surface area contributed by atoms with Crippen molar-refractivity contribution < 1.29 is 4.79 Å². The van der Waals surface area contributed by atoms with Gasteiger partial charge in [0, 0.05) is 17.9 Å². The lowest BCUT2D eigenvalue weighted by molar-refractivity contribution is 0.213. The molecule has 2 heterocycles. The molecule has 2 aliphatic rings. The van der Waals surface area contributed by atoms with Crippen molar-refractivity contribution >= 4 is 35.0 Å². The van der Waals surface area contributed by atoms with Crippen LogP contribution in [0.15, 0.2) is 45.5 Å². The van der Waals surface area contributed by atoms with E-state index in [1.165, 1.54) is 0 Å². The third-order valence-electron chi connectivity index (χ3n) is 3.09. The molecule has 0 atom stereocenters. The monoisotopic (exact) mass is 301 g/mol. The van der Waals surface area contributed by atoms with Crippen LogP contribution in [0.4, 0.5) is 10.5 Å². The molecule has 21 heavy (non-hydrogen) atoms. The summed E-state index contributed by atoms with van der Waals surface area (Å²) in [5.74, 6) is 1.39. The zero-order chi connectivity index (χ0) is 14.8. The van der Waals surface area contributed by atoms with E-state index in [2.05, 4.69) is 15.5 Å². The third-order valence-corrected chi connectivity index (χ3v) is 3.90. The van der Waals surface area contributed by atoms with Gasteiger partial charge in [0.25, 0.3) is 0 Å².